The van der Waals surface area contributed by atoms with E-state index < -0.39 is 0 Å². The maximum atomic E-state index is 5.99. The van der Waals surface area contributed by atoms with Crippen molar-refractivity contribution in [2.75, 3.05) is 13.2 Å². The molecule has 4 nitrogen and oxygen atoms in total. The number of nitrogens with one attached hydrogen (secondary N) is 1. The summed E-state index contributed by atoms with van der Waals surface area (Å²) in [6, 6.07) is 0.357. The molecule has 1 fully saturated rings. The Morgan fingerprint density at radius 3 is 2.71 bits per heavy atom. The minimum Gasteiger partial charge on any atom is -0.376 e. The molecule has 0 aliphatic carbocycles. The van der Waals surface area contributed by atoms with Gasteiger partial charge in [-0.15, -0.1) is 0 Å². The van der Waals surface area contributed by atoms with Crippen molar-refractivity contribution in [1.82, 2.24) is 15.1 Å². The Morgan fingerprint density at radius 2 is 2.19 bits per heavy atom. The minimum atomic E-state index is 0.308. The van der Waals surface area contributed by atoms with Crippen LogP contribution in [0.4, 0.5) is 0 Å². The van der Waals surface area contributed by atoms with Crippen molar-refractivity contribution in [2.45, 2.75) is 65.6 Å². The van der Waals surface area contributed by atoms with Crippen molar-refractivity contribution in [3.8, 4) is 0 Å². The van der Waals surface area contributed by atoms with Gasteiger partial charge >= 0.3 is 0 Å². The average Bonchev–Trinajstić information content (AvgIpc) is 3.03. The zero-order valence-electron chi connectivity index (χ0n) is 13.7. The van der Waals surface area contributed by atoms with Gasteiger partial charge in [0, 0.05) is 25.6 Å². The maximum absolute atomic E-state index is 5.99. The Labute approximate surface area is 136 Å². The van der Waals surface area contributed by atoms with Crippen LogP contribution in [0.2, 0.25) is 0 Å². The fourth-order valence-electron chi connectivity index (χ4n) is 3.22. The maximum Gasteiger partial charge on any atom is 0.0766 e. The Balaban J connectivity index is 2.22. The summed E-state index contributed by atoms with van der Waals surface area (Å²) in [6.45, 7) is 11.5. The molecule has 1 saturated heterocycles. The van der Waals surface area contributed by atoms with Crippen LogP contribution in [-0.4, -0.2) is 35.1 Å². The summed E-state index contributed by atoms with van der Waals surface area (Å²) in [5.41, 5.74) is 2.45. The van der Waals surface area contributed by atoms with E-state index >= 15 is 0 Å². The molecular weight excluding hydrogens is 330 g/mol. The predicted molar refractivity (Wildman–Crippen MR) is 89.7 cm³/mol. The molecule has 1 aromatic rings. The van der Waals surface area contributed by atoms with Gasteiger partial charge in [0.05, 0.1) is 22.0 Å². The molecule has 0 radical (unpaired) electrons. The first-order valence-corrected chi connectivity index (χ1v) is 9.00. The van der Waals surface area contributed by atoms with Crippen LogP contribution in [0.5, 0.6) is 0 Å². The van der Waals surface area contributed by atoms with Gasteiger partial charge in [-0.3, -0.25) is 4.68 Å². The van der Waals surface area contributed by atoms with Crippen molar-refractivity contribution in [1.29, 1.82) is 0 Å². The Morgan fingerprint density at radius 1 is 1.43 bits per heavy atom. The molecule has 1 aliphatic rings. The summed E-state index contributed by atoms with van der Waals surface area (Å²) < 4.78 is 9.30. The molecule has 1 aromatic heterocycles. The van der Waals surface area contributed by atoms with E-state index in [4.69, 9.17) is 9.84 Å². The van der Waals surface area contributed by atoms with Crippen molar-refractivity contribution in [3.05, 3.63) is 15.9 Å². The third kappa shape index (κ3) is 3.69. The molecule has 3 unspecified atom stereocenters. The molecule has 0 saturated carbocycles. The zero-order chi connectivity index (χ0) is 15.4. The first kappa shape index (κ1) is 17.0. The highest BCUT2D eigenvalue weighted by Gasteiger charge is 2.33. The smallest absolute Gasteiger partial charge is 0.0766 e. The number of aryl methyl sites for hydroxylation is 2. The fraction of sp³-hybridized carbons (Fsp3) is 0.812. The van der Waals surface area contributed by atoms with E-state index in [2.05, 4.69) is 53.6 Å². The summed E-state index contributed by atoms with van der Waals surface area (Å²) in [7, 11) is 0. The number of rotatable bonds is 7. The third-order valence-electron chi connectivity index (χ3n) is 4.41. The zero-order valence-corrected chi connectivity index (χ0v) is 15.2. The van der Waals surface area contributed by atoms with E-state index in [1.807, 2.05) is 0 Å². The second-order valence-corrected chi connectivity index (χ2v) is 6.64. The van der Waals surface area contributed by atoms with Crippen LogP contribution >= 0.6 is 15.9 Å². The van der Waals surface area contributed by atoms with Gasteiger partial charge in [0.15, 0.2) is 0 Å². The van der Waals surface area contributed by atoms with Crippen molar-refractivity contribution >= 4 is 15.9 Å². The number of hydrogen-bond acceptors (Lipinski definition) is 3. The van der Waals surface area contributed by atoms with Gasteiger partial charge in [-0.05, 0) is 48.2 Å². The van der Waals surface area contributed by atoms with Crippen molar-refractivity contribution in [2.24, 2.45) is 5.92 Å². The highest BCUT2D eigenvalue weighted by Crippen LogP contribution is 2.28. The second kappa shape index (κ2) is 7.75. The summed E-state index contributed by atoms with van der Waals surface area (Å²) in [5, 5.41) is 8.33. The van der Waals surface area contributed by atoms with E-state index in [1.165, 1.54) is 16.6 Å². The highest BCUT2D eigenvalue weighted by molar-refractivity contribution is 9.10. The normalized spacial score (nSPS) is 23.7. The van der Waals surface area contributed by atoms with E-state index in [9.17, 15) is 0 Å². The summed E-state index contributed by atoms with van der Waals surface area (Å²) in [5.74, 6) is 0.622. The third-order valence-corrected chi connectivity index (χ3v) is 5.33. The molecule has 0 bridgehead atoms. The summed E-state index contributed by atoms with van der Waals surface area (Å²) in [6.07, 6.45) is 3.40. The lowest BCUT2D eigenvalue weighted by atomic mass is 9.94. The quantitative estimate of drug-likeness (QED) is 0.814. The van der Waals surface area contributed by atoms with Gasteiger partial charge in [0.2, 0.25) is 0 Å². The van der Waals surface area contributed by atoms with Crippen molar-refractivity contribution < 1.29 is 4.74 Å². The standard InChI is InChI=1S/C16H28BrN3O/c1-5-12-15(17)14(20(7-3)19-12)10-13(18-6-2)16-11(4)8-9-21-16/h11,13,16,18H,5-10H2,1-4H3. The summed E-state index contributed by atoms with van der Waals surface area (Å²) >= 11 is 3.75. The lowest BCUT2D eigenvalue weighted by Crippen LogP contribution is -2.44. The second-order valence-electron chi connectivity index (χ2n) is 5.85. The molecule has 1 aliphatic heterocycles. The Kier molecular flexibility index (Phi) is 6.26. The van der Waals surface area contributed by atoms with Crippen LogP contribution in [0, 0.1) is 5.92 Å². The number of hydrogen-bond donors (Lipinski definition) is 1. The first-order chi connectivity index (χ1) is 10.1. The SMILES string of the molecule is CCNC(Cc1c(Br)c(CC)nn1CC)C1OCCC1C. The van der Waals surface area contributed by atoms with Gasteiger partial charge < -0.3 is 10.1 Å². The lowest BCUT2D eigenvalue weighted by Gasteiger charge is -2.27. The van der Waals surface area contributed by atoms with E-state index in [-0.39, 0.29) is 0 Å². The molecular formula is C16H28BrN3O. The number of ether oxygens (including phenoxy) is 1. The number of aromatic nitrogens is 2. The van der Waals surface area contributed by atoms with Crippen LogP contribution in [0.25, 0.3) is 0 Å². The predicted octanol–water partition coefficient (Wildman–Crippen LogP) is 3.17. The van der Waals surface area contributed by atoms with Crippen LogP contribution < -0.4 is 5.32 Å². The summed E-state index contributed by atoms with van der Waals surface area (Å²) in [4.78, 5) is 0. The minimum absolute atomic E-state index is 0.308. The topological polar surface area (TPSA) is 39.1 Å². The molecule has 3 atom stereocenters. The first-order valence-electron chi connectivity index (χ1n) is 8.21. The lowest BCUT2D eigenvalue weighted by molar-refractivity contribution is 0.0608. The van der Waals surface area contributed by atoms with Gasteiger partial charge in [-0.2, -0.15) is 5.10 Å². The molecule has 2 rings (SSSR count). The monoisotopic (exact) mass is 357 g/mol. The number of halogens is 1. The molecule has 21 heavy (non-hydrogen) atoms. The molecule has 120 valence electrons. The molecule has 1 N–H and O–H groups in total. The van der Waals surface area contributed by atoms with E-state index in [1.54, 1.807) is 0 Å². The fourth-order valence-corrected chi connectivity index (χ4v) is 3.94. The van der Waals surface area contributed by atoms with Gasteiger partial charge in [-0.1, -0.05) is 20.8 Å². The van der Waals surface area contributed by atoms with Crippen LogP contribution in [0.1, 0.15) is 45.5 Å². The van der Waals surface area contributed by atoms with Gasteiger partial charge in [0.1, 0.15) is 0 Å². The molecule has 5 heteroatoms. The van der Waals surface area contributed by atoms with Crippen LogP contribution in [-0.2, 0) is 24.1 Å². The van der Waals surface area contributed by atoms with E-state index in [0.29, 0.717) is 18.1 Å². The molecule has 0 aromatic carbocycles. The molecule has 0 amide bonds. The molecule has 2 heterocycles. The largest absolute Gasteiger partial charge is 0.376 e. The highest BCUT2D eigenvalue weighted by atomic mass is 79.9. The number of nitrogens with zero attached hydrogens (tertiary/aromatic N) is 2. The average molecular weight is 358 g/mol. The van der Waals surface area contributed by atoms with Gasteiger partial charge in [-0.25, -0.2) is 0 Å². The van der Waals surface area contributed by atoms with Gasteiger partial charge in [0.25, 0.3) is 0 Å². The Hall–Kier alpha value is -0.390. The van der Waals surface area contributed by atoms with Crippen LogP contribution in [0.15, 0.2) is 4.47 Å². The van der Waals surface area contributed by atoms with E-state index in [0.717, 1.165) is 38.2 Å². The number of likely N-dealkylation sites (N-methyl/N-ethyl adjacent to an activating group) is 1. The molecule has 0 spiro atoms. The van der Waals surface area contributed by atoms with Crippen LogP contribution in [0.3, 0.4) is 0 Å². The van der Waals surface area contributed by atoms with Crippen molar-refractivity contribution in [3.63, 3.8) is 0 Å². The Bertz CT molecular complexity index is 461.